The average Bonchev–Trinajstić information content (AvgIpc) is 3.48. The molecule has 2 N–H and O–H groups in total. The van der Waals surface area contributed by atoms with E-state index in [1.165, 1.54) is 7.11 Å². The van der Waals surface area contributed by atoms with Crippen molar-refractivity contribution >= 4 is 23.7 Å². The second-order valence-electron chi connectivity index (χ2n) is 11.3. The van der Waals surface area contributed by atoms with E-state index >= 15 is 0 Å². The number of nitrogens with one attached hydrogen (secondary N) is 2. The van der Waals surface area contributed by atoms with Gasteiger partial charge in [-0.1, -0.05) is 0 Å². The molecule has 0 radical (unpaired) electrons. The second kappa shape index (κ2) is 13.9. The lowest BCUT2D eigenvalue weighted by molar-refractivity contribution is -0.131. The molecule has 14 nitrogen and oxygen atoms in total. The highest BCUT2D eigenvalue weighted by atomic mass is 16.5. The summed E-state index contributed by atoms with van der Waals surface area (Å²) in [6.45, 7) is 3.61. The molecule has 4 aliphatic heterocycles. The molecule has 0 aliphatic carbocycles. The van der Waals surface area contributed by atoms with Crippen LogP contribution >= 0.6 is 0 Å². The van der Waals surface area contributed by atoms with Gasteiger partial charge < -0.3 is 39.4 Å². The number of amides is 3. The van der Waals surface area contributed by atoms with Crippen LogP contribution in [0.1, 0.15) is 15.9 Å². The van der Waals surface area contributed by atoms with Crippen LogP contribution in [0.2, 0.25) is 0 Å². The Bertz CT molecular complexity index is 1570. The number of carbonyl (C=O) groups is 3. The Kier molecular flexibility index (Phi) is 9.33. The van der Waals surface area contributed by atoms with Crippen molar-refractivity contribution in [3.63, 3.8) is 0 Å². The molecule has 46 heavy (non-hydrogen) atoms. The molecule has 0 unspecified atom stereocenters. The lowest BCUT2D eigenvalue weighted by Gasteiger charge is -2.34. The van der Waals surface area contributed by atoms with Gasteiger partial charge in [-0.25, -0.2) is 9.97 Å². The number of piperazine rings is 1. The van der Waals surface area contributed by atoms with E-state index in [4.69, 9.17) is 18.9 Å². The SMILES string of the molecule is COc1cc2cc(c1)C(=O)N[C@H]1CN(C(=O)CN3CCN(c4ncccn4)CC3)C[C@@H]1Oc1ccc(c(OC)c1)CNC(=O)CO2. The molecular weight excluding hydrogens is 594 g/mol. The summed E-state index contributed by atoms with van der Waals surface area (Å²) in [5.41, 5.74) is 1.04. The Morgan fingerprint density at radius 3 is 2.54 bits per heavy atom. The summed E-state index contributed by atoms with van der Waals surface area (Å²) in [6.07, 6.45) is 2.91. The molecule has 242 valence electrons. The lowest BCUT2D eigenvalue weighted by Crippen LogP contribution is -2.50. The van der Waals surface area contributed by atoms with Crippen LogP contribution in [0.4, 0.5) is 5.95 Å². The van der Waals surface area contributed by atoms with Crippen molar-refractivity contribution in [2.45, 2.75) is 18.7 Å². The first-order valence-corrected chi connectivity index (χ1v) is 15.1. The first-order valence-electron chi connectivity index (χ1n) is 15.1. The van der Waals surface area contributed by atoms with Gasteiger partial charge in [0.15, 0.2) is 6.61 Å². The predicted molar refractivity (Wildman–Crippen MR) is 166 cm³/mol. The highest BCUT2D eigenvalue weighted by Gasteiger charge is 2.39. The van der Waals surface area contributed by atoms with Crippen LogP contribution in [-0.4, -0.2) is 116 Å². The second-order valence-corrected chi connectivity index (χ2v) is 11.3. The number of ether oxygens (including phenoxy) is 4. The minimum atomic E-state index is -0.535. The topological polar surface area (TPSA) is 148 Å². The van der Waals surface area contributed by atoms with Gasteiger partial charge >= 0.3 is 0 Å². The smallest absolute Gasteiger partial charge is 0.258 e. The van der Waals surface area contributed by atoms with Gasteiger partial charge in [-0.2, -0.15) is 0 Å². The molecule has 3 amide bonds. The maximum Gasteiger partial charge on any atom is 0.258 e. The van der Waals surface area contributed by atoms with Crippen molar-refractivity contribution in [3.05, 3.63) is 66.0 Å². The summed E-state index contributed by atoms with van der Waals surface area (Å²) in [6, 6.07) is 11.4. The summed E-state index contributed by atoms with van der Waals surface area (Å²) in [7, 11) is 3.03. The molecule has 7 rings (SSSR count). The highest BCUT2D eigenvalue weighted by Crippen LogP contribution is 2.28. The molecule has 0 saturated carbocycles. The number of hydrogen-bond donors (Lipinski definition) is 2. The molecule has 14 heteroatoms. The molecule has 4 bridgehead atoms. The number of rotatable bonds is 5. The largest absolute Gasteiger partial charge is 0.497 e. The summed E-state index contributed by atoms with van der Waals surface area (Å²) in [5.74, 6) is 1.67. The third-order valence-corrected chi connectivity index (χ3v) is 8.27. The Hall–Kier alpha value is -5.11. The van der Waals surface area contributed by atoms with Gasteiger partial charge in [0.1, 0.15) is 29.1 Å². The number of anilines is 1. The fourth-order valence-corrected chi connectivity index (χ4v) is 5.76. The molecule has 2 fully saturated rings. The molecule has 0 spiro atoms. The van der Waals surface area contributed by atoms with Crippen LogP contribution in [0.3, 0.4) is 0 Å². The van der Waals surface area contributed by atoms with Gasteiger partial charge in [0.05, 0.1) is 33.4 Å². The molecule has 3 aromatic rings. The summed E-state index contributed by atoms with van der Waals surface area (Å²) in [4.78, 5) is 54.3. The van der Waals surface area contributed by atoms with E-state index in [1.807, 2.05) is 6.07 Å². The number of methoxy groups -OCH3 is 2. The van der Waals surface area contributed by atoms with Crippen molar-refractivity contribution in [2.75, 3.05) is 71.5 Å². The van der Waals surface area contributed by atoms with Crippen molar-refractivity contribution < 1.29 is 33.3 Å². The van der Waals surface area contributed by atoms with Crippen molar-refractivity contribution in [1.29, 1.82) is 0 Å². The quantitative estimate of drug-likeness (QED) is 0.410. The van der Waals surface area contributed by atoms with Gasteiger partial charge in [-0.15, -0.1) is 0 Å². The zero-order valence-corrected chi connectivity index (χ0v) is 25.8. The standard InChI is InChI=1S/C32H37N7O7/c1-43-24-12-22-13-25(14-24)45-20-29(40)35-16-21-4-5-23(15-27(21)44-2)46-28-18-39(17-26(28)36-31(22)42)30(41)19-37-8-10-38(11-9-37)32-33-6-3-7-34-32/h3-7,12-15,26,28H,8-11,16-20H2,1-2H3,(H,35,40)(H,36,42)/t26-,28-/m0/s1. The monoisotopic (exact) mass is 631 g/mol. The average molecular weight is 632 g/mol. The maximum atomic E-state index is 13.6. The number of nitrogens with zero attached hydrogens (tertiary/aromatic N) is 5. The molecule has 2 atom stereocenters. The molecule has 4 aliphatic rings. The van der Waals surface area contributed by atoms with Crippen LogP contribution in [-0.2, 0) is 16.1 Å². The predicted octanol–water partition coefficient (Wildman–Crippen LogP) is 0.713. The lowest BCUT2D eigenvalue weighted by atomic mass is 10.1. The Balaban J connectivity index is 1.20. The number of fused-ring (bicyclic) bond motifs is 7. The zero-order valence-electron chi connectivity index (χ0n) is 25.8. The summed E-state index contributed by atoms with van der Waals surface area (Å²) < 4.78 is 23.1. The first-order chi connectivity index (χ1) is 22.4. The van der Waals surface area contributed by atoms with Gasteiger partial charge in [0, 0.05) is 74.9 Å². The van der Waals surface area contributed by atoms with Crippen molar-refractivity contribution in [3.8, 4) is 23.0 Å². The van der Waals surface area contributed by atoms with Crippen molar-refractivity contribution in [1.82, 2.24) is 30.4 Å². The minimum absolute atomic E-state index is 0.0439. The Morgan fingerprint density at radius 1 is 0.978 bits per heavy atom. The van der Waals surface area contributed by atoms with E-state index < -0.39 is 18.1 Å². The molecule has 5 heterocycles. The molecule has 2 saturated heterocycles. The molecule has 2 aromatic carbocycles. The van der Waals surface area contributed by atoms with Gasteiger partial charge in [0.25, 0.3) is 11.8 Å². The van der Waals surface area contributed by atoms with E-state index in [9.17, 15) is 14.4 Å². The Labute approximate surface area is 266 Å². The third kappa shape index (κ3) is 7.23. The van der Waals surface area contributed by atoms with Gasteiger partial charge in [-0.05, 0) is 30.3 Å². The number of aromatic nitrogens is 2. The number of hydrogen-bond acceptors (Lipinski definition) is 11. The third-order valence-electron chi connectivity index (χ3n) is 8.27. The van der Waals surface area contributed by atoms with E-state index in [0.29, 0.717) is 42.0 Å². The number of likely N-dealkylation sites (tertiary alicyclic amines) is 1. The van der Waals surface area contributed by atoms with Crippen LogP contribution in [0.15, 0.2) is 54.9 Å². The fourth-order valence-electron chi connectivity index (χ4n) is 5.76. The van der Waals surface area contributed by atoms with E-state index in [2.05, 4.69) is 30.4 Å². The fraction of sp³-hybridized carbons (Fsp3) is 0.406. The normalized spacial score (nSPS) is 20.5. The molecule has 1 aromatic heterocycles. The first kappa shape index (κ1) is 30.9. The van der Waals surface area contributed by atoms with Crippen molar-refractivity contribution in [2.24, 2.45) is 0 Å². The minimum Gasteiger partial charge on any atom is -0.497 e. The van der Waals surface area contributed by atoms with E-state index in [-0.39, 0.29) is 50.2 Å². The van der Waals surface area contributed by atoms with Gasteiger partial charge in [-0.3, -0.25) is 19.3 Å². The van der Waals surface area contributed by atoms with Gasteiger partial charge in [0.2, 0.25) is 11.9 Å². The van der Waals surface area contributed by atoms with E-state index in [1.54, 1.807) is 60.8 Å². The number of benzene rings is 2. The zero-order chi connectivity index (χ0) is 32.0. The summed E-state index contributed by atoms with van der Waals surface area (Å²) in [5, 5.41) is 5.88. The summed E-state index contributed by atoms with van der Waals surface area (Å²) >= 11 is 0. The number of carbonyl (C=O) groups excluding carboxylic acids is 3. The van der Waals surface area contributed by atoms with Crippen LogP contribution in [0, 0.1) is 0 Å². The van der Waals surface area contributed by atoms with Crippen LogP contribution in [0.25, 0.3) is 0 Å². The van der Waals surface area contributed by atoms with E-state index in [0.717, 1.165) is 18.7 Å². The van der Waals surface area contributed by atoms with Crippen LogP contribution < -0.4 is 34.5 Å². The Morgan fingerprint density at radius 2 is 1.78 bits per heavy atom. The molecular formula is C32H37N7O7. The maximum absolute atomic E-state index is 13.6. The highest BCUT2D eigenvalue weighted by molar-refractivity contribution is 5.95. The van der Waals surface area contributed by atoms with Crippen LogP contribution in [0.5, 0.6) is 23.0 Å².